The molecule has 3 nitrogen and oxygen atoms in total. The lowest BCUT2D eigenvalue weighted by molar-refractivity contribution is 0.0963. The van der Waals surface area contributed by atoms with Gasteiger partial charge in [-0.25, -0.2) is 0 Å². The molecule has 0 aliphatic heterocycles. The Balaban J connectivity index is 1.96. The third kappa shape index (κ3) is 3.14. The molecule has 0 atom stereocenters. The summed E-state index contributed by atoms with van der Waals surface area (Å²) in [5, 5.41) is 4.67. The highest BCUT2D eigenvalue weighted by Crippen LogP contribution is 2.29. The number of hydrogen-bond acceptors (Lipinski definition) is 2. The second-order valence-electron chi connectivity index (χ2n) is 5.18. The quantitative estimate of drug-likeness (QED) is 0.728. The monoisotopic (exact) mass is 268 g/mol. The molecule has 1 aliphatic carbocycles. The number of ketones is 1. The summed E-state index contributed by atoms with van der Waals surface area (Å²) in [5.41, 5.74) is 0.608. The van der Waals surface area contributed by atoms with Crippen molar-refractivity contribution in [2.24, 2.45) is 5.92 Å². The fourth-order valence-corrected chi connectivity index (χ4v) is 3.02. The van der Waals surface area contributed by atoms with Crippen molar-refractivity contribution in [2.45, 2.75) is 58.4 Å². The van der Waals surface area contributed by atoms with Gasteiger partial charge in [0, 0.05) is 13.0 Å². The van der Waals surface area contributed by atoms with E-state index in [0.29, 0.717) is 17.1 Å². The molecule has 0 unspecified atom stereocenters. The summed E-state index contributed by atoms with van der Waals surface area (Å²) < 4.78 is 1.75. The largest absolute Gasteiger partial charge is 0.292 e. The summed E-state index contributed by atoms with van der Waals surface area (Å²) in [4.78, 5) is 12.2. The van der Waals surface area contributed by atoms with Crippen molar-refractivity contribution in [3.8, 4) is 0 Å². The van der Waals surface area contributed by atoms with E-state index in [9.17, 15) is 4.79 Å². The molecule has 0 N–H and O–H groups in total. The molecule has 0 radical (unpaired) electrons. The first kappa shape index (κ1) is 13.6. The summed E-state index contributed by atoms with van der Waals surface area (Å²) in [6.07, 6.45) is 9.39. The van der Waals surface area contributed by atoms with E-state index in [4.69, 9.17) is 11.6 Å². The van der Waals surface area contributed by atoms with Gasteiger partial charge in [-0.05, 0) is 18.8 Å². The van der Waals surface area contributed by atoms with Crippen LogP contribution in [0.3, 0.4) is 0 Å². The Labute approximate surface area is 114 Å². The van der Waals surface area contributed by atoms with Crippen molar-refractivity contribution in [3.63, 3.8) is 0 Å². The average molecular weight is 269 g/mol. The van der Waals surface area contributed by atoms with Gasteiger partial charge in [0.1, 0.15) is 5.69 Å². The van der Waals surface area contributed by atoms with E-state index in [1.807, 2.05) is 0 Å². The Morgan fingerprint density at radius 2 is 2.22 bits per heavy atom. The normalized spacial score (nSPS) is 16.3. The molecule has 0 bridgehead atoms. The second-order valence-corrected chi connectivity index (χ2v) is 5.58. The predicted octanol–water partition coefficient (Wildman–Crippen LogP) is 4.10. The maximum absolute atomic E-state index is 12.2. The summed E-state index contributed by atoms with van der Waals surface area (Å²) in [5.74, 6) is 0.896. The number of rotatable bonds is 6. The van der Waals surface area contributed by atoms with Crippen LogP contribution in [0.4, 0.5) is 0 Å². The van der Waals surface area contributed by atoms with E-state index in [2.05, 4.69) is 12.0 Å². The van der Waals surface area contributed by atoms with Gasteiger partial charge in [0.25, 0.3) is 0 Å². The van der Waals surface area contributed by atoms with Gasteiger partial charge in [0.2, 0.25) is 0 Å². The minimum absolute atomic E-state index is 0.151. The van der Waals surface area contributed by atoms with Crippen LogP contribution < -0.4 is 0 Å². The Kier molecular flexibility index (Phi) is 4.81. The first-order chi connectivity index (χ1) is 8.72. The van der Waals surface area contributed by atoms with E-state index in [-0.39, 0.29) is 5.78 Å². The average Bonchev–Trinajstić information content (AvgIpc) is 2.97. The minimum atomic E-state index is 0.151. The van der Waals surface area contributed by atoms with Gasteiger partial charge < -0.3 is 0 Å². The molecule has 1 saturated carbocycles. The van der Waals surface area contributed by atoms with Crippen molar-refractivity contribution >= 4 is 17.4 Å². The number of aromatic nitrogens is 2. The third-order valence-corrected chi connectivity index (χ3v) is 4.03. The molecular weight excluding hydrogens is 248 g/mol. The van der Waals surface area contributed by atoms with Gasteiger partial charge >= 0.3 is 0 Å². The van der Waals surface area contributed by atoms with Crippen molar-refractivity contribution in [2.75, 3.05) is 0 Å². The Morgan fingerprint density at radius 3 is 2.89 bits per heavy atom. The maximum Gasteiger partial charge on any atom is 0.182 e. The molecule has 2 rings (SSSR count). The lowest BCUT2D eigenvalue weighted by Crippen LogP contribution is -2.12. The van der Waals surface area contributed by atoms with Crippen LogP contribution in [0.5, 0.6) is 0 Å². The fraction of sp³-hybridized carbons (Fsp3) is 0.714. The molecule has 100 valence electrons. The topological polar surface area (TPSA) is 34.9 Å². The summed E-state index contributed by atoms with van der Waals surface area (Å²) in [7, 11) is 0. The number of hydrogen-bond donors (Lipinski definition) is 0. The first-order valence-electron chi connectivity index (χ1n) is 6.97. The number of nitrogens with zero attached hydrogens (tertiary/aromatic N) is 2. The van der Waals surface area contributed by atoms with Crippen LogP contribution in [0.2, 0.25) is 5.02 Å². The highest BCUT2D eigenvalue weighted by molar-refractivity contribution is 6.33. The molecule has 0 spiro atoms. The van der Waals surface area contributed by atoms with Gasteiger partial charge in [0.15, 0.2) is 5.78 Å². The zero-order valence-electron chi connectivity index (χ0n) is 11.0. The second kappa shape index (κ2) is 6.37. The van der Waals surface area contributed by atoms with Crippen LogP contribution in [0.1, 0.15) is 62.4 Å². The van der Waals surface area contributed by atoms with Gasteiger partial charge in [-0.1, -0.05) is 44.2 Å². The highest BCUT2D eigenvalue weighted by atomic mass is 35.5. The Hall–Kier alpha value is -0.830. The fourth-order valence-electron chi connectivity index (χ4n) is 2.77. The van der Waals surface area contributed by atoms with Crippen molar-refractivity contribution < 1.29 is 4.79 Å². The van der Waals surface area contributed by atoms with Crippen molar-refractivity contribution in [1.82, 2.24) is 9.78 Å². The van der Waals surface area contributed by atoms with Gasteiger partial charge in [-0.2, -0.15) is 5.10 Å². The van der Waals surface area contributed by atoms with Gasteiger partial charge in [0.05, 0.1) is 11.2 Å². The zero-order chi connectivity index (χ0) is 13.0. The molecule has 0 aromatic carbocycles. The number of Topliss-reactive ketones (excluding diaryl/α,β-unsaturated/α-hetero) is 1. The number of halogens is 1. The highest BCUT2D eigenvalue weighted by Gasteiger charge is 2.20. The molecule has 1 fully saturated rings. The molecular formula is C14H21ClN2O. The molecule has 18 heavy (non-hydrogen) atoms. The lowest BCUT2D eigenvalue weighted by Gasteiger charge is -2.09. The smallest absolute Gasteiger partial charge is 0.182 e. The SMILES string of the molecule is CCCn1ncc(Cl)c1C(=O)CCC1CCCC1. The third-order valence-electron chi connectivity index (χ3n) is 3.75. The lowest BCUT2D eigenvalue weighted by atomic mass is 9.99. The summed E-state index contributed by atoms with van der Waals surface area (Å²) in [6, 6.07) is 0. The Morgan fingerprint density at radius 1 is 1.50 bits per heavy atom. The molecule has 1 heterocycles. The van der Waals surface area contributed by atoms with Crippen LogP contribution in [-0.4, -0.2) is 15.6 Å². The van der Waals surface area contributed by atoms with E-state index >= 15 is 0 Å². The van der Waals surface area contributed by atoms with Crippen LogP contribution in [0, 0.1) is 5.92 Å². The first-order valence-corrected chi connectivity index (χ1v) is 7.34. The van der Waals surface area contributed by atoms with Crippen LogP contribution in [-0.2, 0) is 6.54 Å². The minimum Gasteiger partial charge on any atom is -0.292 e. The van der Waals surface area contributed by atoms with Gasteiger partial charge in [-0.3, -0.25) is 9.48 Å². The van der Waals surface area contributed by atoms with Crippen molar-refractivity contribution in [3.05, 3.63) is 16.9 Å². The molecule has 0 saturated heterocycles. The summed E-state index contributed by atoms with van der Waals surface area (Å²) >= 11 is 6.07. The van der Waals surface area contributed by atoms with Crippen LogP contribution >= 0.6 is 11.6 Å². The van der Waals surface area contributed by atoms with Crippen molar-refractivity contribution in [1.29, 1.82) is 0 Å². The maximum atomic E-state index is 12.2. The molecule has 0 amide bonds. The number of carbonyl (C=O) groups is 1. The zero-order valence-corrected chi connectivity index (χ0v) is 11.7. The molecule has 1 aromatic rings. The van der Waals surface area contributed by atoms with Crippen LogP contribution in [0.25, 0.3) is 0 Å². The molecule has 1 aliphatic rings. The van der Waals surface area contributed by atoms with E-state index in [1.165, 1.54) is 25.7 Å². The van der Waals surface area contributed by atoms with E-state index in [1.54, 1.807) is 10.9 Å². The van der Waals surface area contributed by atoms with Crippen LogP contribution in [0.15, 0.2) is 6.20 Å². The Bertz CT molecular complexity index is 408. The number of carbonyl (C=O) groups excluding carboxylic acids is 1. The van der Waals surface area contributed by atoms with E-state index < -0.39 is 0 Å². The predicted molar refractivity (Wildman–Crippen MR) is 73.1 cm³/mol. The summed E-state index contributed by atoms with van der Waals surface area (Å²) in [6.45, 7) is 2.83. The van der Waals surface area contributed by atoms with E-state index in [0.717, 1.165) is 25.3 Å². The number of aryl methyl sites for hydroxylation is 1. The van der Waals surface area contributed by atoms with Gasteiger partial charge in [-0.15, -0.1) is 0 Å². The molecule has 4 heteroatoms. The molecule has 1 aromatic heterocycles. The standard InChI is InChI=1S/C14H21ClN2O/c1-2-9-17-14(12(15)10-16-17)13(18)8-7-11-5-3-4-6-11/h10-11H,2-9H2,1H3.